The number of amides is 2. The summed E-state index contributed by atoms with van der Waals surface area (Å²) in [5.74, 6) is 0.542. The fourth-order valence-corrected chi connectivity index (χ4v) is 5.44. The van der Waals surface area contributed by atoms with Crippen LogP contribution in [0.4, 0.5) is 10.5 Å². The lowest BCUT2D eigenvalue weighted by Gasteiger charge is -2.33. The first-order valence-electron chi connectivity index (χ1n) is 14.5. The van der Waals surface area contributed by atoms with Crippen LogP contribution in [0, 0.1) is 11.3 Å². The zero-order chi connectivity index (χ0) is 30.6. The summed E-state index contributed by atoms with van der Waals surface area (Å²) in [6, 6.07) is 21.3. The Labute approximate surface area is 258 Å². The molecule has 2 amide bonds. The number of nitrogens with zero attached hydrogens (tertiary/aromatic N) is 3. The lowest BCUT2D eigenvalue weighted by Crippen LogP contribution is -2.44. The van der Waals surface area contributed by atoms with Gasteiger partial charge in [-0.15, -0.1) is 0 Å². The maximum absolute atomic E-state index is 13.9. The first-order chi connectivity index (χ1) is 20.6. The van der Waals surface area contributed by atoms with Gasteiger partial charge >= 0.3 is 6.09 Å². The van der Waals surface area contributed by atoms with E-state index in [1.165, 1.54) is 0 Å². The smallest absolute Gasteiger partial charge is 0.410 e. The largest absolute Gasteiger partial charge is 0.490 e. The summed E-state index contributed by atoms with van der Waals surface area (Å²) in [5.41, 5.74) is 2.24. The van der Waals surface area contributed by atoms with Gasteiger partial charge in [0.1, 0.15) is 17.5 Å². The van der Waals surface area contributed by atoms with E-state index >= 15 is 0 Å². The van der Waals surface area contributed by atoms with Crippen LogP contribution in [0.3, 0.4) is 0 Å². The third kappa shape index (κ3) is 7.49. The van der Waals surface area contributed by atoms with Crippen LogP contribution in [0.2, 0.25) is 0 Å². The van der Waals surface area contributed by atoms with Crippen molar-refractivity contribution in [3.05, 3.63) is 95.6 Å². The van der Waals surface area contributed by atoms with E-state index in [-0.39, 0.29) is 18.1 Å². The van der Waals surface area contributed by atoms with E-state index in [0.29, 0.717) is 60.6 Å². The highest BCUT2D eigenvalue weighted by atomic mass is 32.1. The Balaban J connectivity index is 1.32. The van der Waals surface area contributed by atoms with E-state index in [9.17, 15) is 14.9 Å². The van der Waals surface area contributed by atoms with Crippen LogP contribution in [-0.2, 0) is 16.1 Å². The van der Waals surface area contributed by atoms with Crippen LogP contribution in [-0.4, -0.2) is 46.6 Å². The van der Waals surface area contributed by atoms with E-state index in [0.717, 1.165) is 22.0 Å². The molecule has 1 saturated heterocycles. The lowest BCUT2D eigenvalue weighted by atomic mass is 10.0. The molecule has 0 N–H and O–H groups in total. The fraction of sp³-hybridized carbons (Fsp3) is 0.314. The van der Waals surface area contributed by atoms with Gasteiger partial charge in [0.05, 0.1) is 23.8 Å². The normalized spacial score (nSPS) is 15.5. The third-order valence-corrected chi connectivity index (χ3v) is 7.78. The van der Waals surface area contributed by atoms with Gasteiger partial charge in [0.2, 0.25) is 0 Å². The number of nitriles is 1. The highest BCUT2D eigenvalue weighted by Crippen LogP contribution is 2.28. The van der Waals surface area contributed by atoms with Gasteiger partial charge in [-0.25, -0.2) is 4.79 Å². The fourth-order valence-electron chi connectivity index (χ4n) is 5.19. The minimum absolute atomic E-state index is 0.0188. The van der Waals surface area contributed by atoms with Crippen LogP contribution in [0.15, 0.2) is 84.5 Å². The highest BCUT2D eigenvalue weighted by molar-refractivity contribution is 7.81. The van der Waals surface area contributed by atoms with Crippen molar-refractivity contribution in [3.8, 4) is 11.8 Å². The number of carbonyl (C=O) groups is 2. The molecule has 7 nitrogen and oxygen atoms in total. The summed E-state index contributed by atoms with van der Waals surface area (Å²) in [7, 11) is 0. The molecule has 0 atom stereocenters. The van der Waals surface area contributed by atoms with Gasteiger partial charge in [0.25, 0.3) is 5.91 Å². The van der Waals surface area contributed by atoms with Crippen LogP contribution in [0.1, 0.15) is 51.2 Å². The zero-order valence-electron chi connectivity index (χ0n) is 24.7. The molecule has 0 spiro atoms. The molecule has 1 aliphatic heterocycles. The first kappa shape index (κ1) is 30.0. The molecule has 8 heteroatoms. The Morgan fingerprint density at radius 3 is 2.42 bits per heavy atom. The van der Waals surface area contributed by atoms with Gasteiger partial charge < -0.3 is 19.3 Å². The van der Waals surface area contributed by atoms with Crippen molar-refractivity contribution >= 4 is 45.5 Å². The Hall–Kier alpha value is -4.48. The number of allylic oxidation sites excluding steroid dienone is 3. The van der Waals surface area contributed by atoms with Gasteiger partial charge in [-0.3, -0.25) is 4.79 Å². The third-order valence-electron chi connectivity index (χ3n) is 7.40. The predicted molar refractivity (Wildman–Crippen MR) is 172 cm³/mol. The SMILES string of the molecule is CC(C)(C)OC(=O)N1CCC(Oc2ccc(N(Cc3ccc4ccc(C#N)cc4c3)C(=O)C3=CC=CCC3=S)cc2)CC1. The molecule has 3 aromatic rings. The van der Waals surface area contributed by atoms with E-state index in [4.69, 9.17) is 21.7 Å². The number of piperidine rings is 1. The molecule has 0 saturated carbocycles. The molecule has 5 rings (SSSR count). The number of benzene rings is 3. The van der Waals surface area contributed by atoms with E-state index in [1.54, 1.807) is 21.9 Å². The molecule has 0 aromatic heterocycles. The summed E-state index contributed by atoms with van der Waals surface area (Å²) in [6.45, 7) is 7.08. The van der Waals surface area contributed by atoms with Gasteiger partial charge in [0.15, 0.2) is 0 Å². The molecule has 2 aliphatic rings. The predicted octanol–water partition coefficient (Wildman–Crippen LogP) is 7.28. The van der Waals surface area contributed by atoms with Crippen molar-refractivity contribution in [2.75, 3.05) is 18.0 Å². The molecular formula is C35H35N3O4S. The lowest BCUT2D eigenvalue weighted by molar-refractivity contribution is -0.114. The van der Waals surface area contributed by atoms with Crippen LogP contribution in [0.5, 0.6) is 5.75 Å². The molecule has 220 valence electrons. The second-order valence-corrected chi connectivity index (χ2v) is 12.3. The Bertz CT molecular complexity index is 1640. The second-order valence-electron chi connectivity index (χ2n) is 11.8. The quantitative estimate of drug-likeness (QED) is 0.280. The molecule has 1 fully saturated rings. The number of hydrogen-bond donors (Lipinski definition) is 0. The summed E-state index contributed by atoms with van der Waals surface area (Å²) < 4.78 is 11.7. The number of anilines is 1. The van der Waals surface area contributed by atoms with Gasteiger partial charge in [-0.2, -0.15) is 5.26 Å². The number of fused-ring (bicyclic) bond motifs is 1. The first-order valence-corrected chi connectivity index (χ1v) is 14.9. The van der Waals surface area contributed by atoms with Gasteiger partial charge in [0, 0.05) is 42.9 Å². The number of likely N-dealkylation sites (tertiary alicyclic amines) is 1. The monoisotopic (exact) mass is 593 g/mol. The number of carbonyl (C=O) groups excluding carboxylic acids is 2. The second kappa shape index (κ2) is 12.8. The summed E-state index contributed by atoms with van der Waals surface area (Å²) in [4.78, 5) is 30.3. The summed E-state index contributed by atoms with van der Waals surface area (Å²) in [5, 5.41) is 11.3. The number of rotatable bonds is 6. The average Bonchev–Trinajstić information content (AvgIpc) is 2.99. The van der Waals surface area contributed by atoms with Crippen molar-refractivity contribution < 1.29 is 19.1 Å². The molecule has 1 aliphatic carbocycles. The molecule has 3 aromatic carbocycles. The Morgan fingerprint density at radius 2 is 1.74 bits per heavy atom. The molecule has 43 heavy (non-hydrogen) atoms. The molecule has 0 unspecified atom stereocenters. The van der Waals surface area contributed by atoms with Crippen molar-refractivity contribution in [3.63, 3.8) is 0 Å². The average molecular weight is 594 g/mol. The van der Waals surface area contributed by atoms with Crippen LogP contribution in [0.25, 0.3) is 10.8 Å². The van der Waals surface area contributed by atoms with E-state index in [1.807, 2.05) is 87.5 Å². The van der Waals surface area contributed by atoms with E-state index in [2.05, 4.69) is 6.07 Å². The molecule has 0 radical (unpaired) electrons. The number of ether oxygens (including phenoxy) is 2. The Morgan fingerprint density at radius 1 is 1.02 bits per heavy atom. The highest BCUT2D eigenvalue weighted by Gasteiger charge is 2.28. The summed E-state index contributed by atoms with van der Waals surface area (Å²) >= 11 is 5.54. The van der Waals surface area contributed by atoms with Gasteiger partial charge in [-0.1, -0.05) is 42.6 Å². The topological polar surface area (TPSA) is 82.9 Å². The van der Waals surface area contributed by atoms with Gasteiger partial charge in [-0.05, 0) is 85.6 Å². The Kier molecular flexibility index (Phi) is 8.93. The van der Waals surface area contributed by atoms with Crippen LogP contribution >= 0.6 is 12.2 Å². The molecular weight excluding hydrogens is 558 g/mol. The zero-order valence-corrected chi connectivity index (χ0v) is 25.5. The molecule has 0 bridgehead atoms. The summed E-state index contributed by atoms with van der Waals surface area (Å²) in [6.07, 6.45) is 7.26. The standard InChI is InChI=1S/C35H35N3O4S/c1-35(2,3)42-34(40)37-18-16-30(17-19-37)41-29-14-12-28(13-15-29)38(33(39)31-6-4-5-7-32(31)43)23-25-9-11-26-10-8-24(22-36)20-27(26)21-25/h4-6,8-15,20-21,30H,7,16-19,23H2,1-3H3. The van der Waals surface area contributed by atoms with Crippen molar-refractivity contribution in [1.29, 1.82) is 5.26 Å². The number of hydrogen-bond acceptors (Lipinski definition) is 6. The minimum Gasteiger partial charge on any atom is -0.490 e. The van der Waals surface area contributed by atoms with Crippen molar-refractivity contribution in [1.82, 2.24) is 4.90 Å². The van der Waals surface area contributed by atoms with Crippen molar-refractivity contribution in [2.45, 2.75) is 58.3 Å². The van der Waals surface area contributed by atoms with Crippen LogP contribution < -0.4 is 9.64 Å². The maximum atomic E-state index is 13.9. The molecule has 1 heterocycles. The number of thiocarbonyl (C=S) groups is 1. The maximum Gasteiger partial charge on any atom is 0.410 e. The minimum atomic E-state index is -0.522. The van der Waals surface area contributed by atoms with E-state index < -0.39 is 5.60 Å². The van der Waals surface area contributed by atoms with Crippen molar-refractivity contribution in [2.24, 2.45) is 0 Å².